The van der Waals surface area contributed by atoms with Crippen LogP contribution in [-0.4, -0.2) is 50.3 Å². The van der Waals surface area contributed by atoms with Gasteiger partial charge in [0.05, 0.1) is 0 Å². The average molecular weight is 382 g/mol. The fourth-order valence-electron chi connectivity index (χ4n) is 2.83. The number of hydrazine groups is 1. The van der Waals surface area contributed by atoms with Crippen molar-refractivity contribution < 1.29 is 13.5 Å². The lowest BCUT2D eigenvalue weighted by atomic mass is 10.00. The maximum Gasteiger partial charge on any atom is 0.276 e. The van der Waals surface area contributed by atoms with Crippen LogP contribution in [0.25, 0.3) is 5.70 Å². The predicted octanol–water partition coefficient (Wildman–Crippen LogP) is -0.270. The molecule has 0 bridgehead atoms. The van der Waals surface area contributed by atoms with E-state index in [0.29, 0.717) is 36.7 Å². The Bertz CT molecular complexity index is 778. The fourth-order valence-corrected chi connectivity index (χ4v) is 3.63. The molecule has 0 aromatic heterocycles. The van der Waals surface area contributed by atoms with Crippen LogP contribution in [0.2, 0.25) is 0 Å². The highest BCUT2D eigenvalue weighted by atomic mass is 32.2. The van der Waals surface area contributed by atoms with Gasteiger partial charge in [0.1, 0.15) is 11.6 Å². The number of para-hydroxylation sites is 1. The van der Waals surface area contributed by atoms with E-state index in [1.54, 1.807) is 37.4 Å². The van der Waals surface area contributed by atoms with Gasteiger partial charge in [-0.15, -0.1) is 0 Å². The van der Waals surface area contributed by atoms with Gasteiger partial charge in [-0.3, -0.25) is 4.99 Å². The van der Waals surface area contributed by atoms with Crippen LogP contribution in [0.3, 0.4) is 0 Å². The molecule has 1 heterocycles. The maximum atomic E-state index is 11.5. The normalized spacial score (nSPS) is 20.2. The maximum absolute atomic E-state index is 11.5. The molecule has 0 amide bonds. The van der Waals surface area contributed by atoms with E-state index in [1.807, 2.05) is 0 Å². The summed E-state index contributed by atoms with van der Waals surface area (Å²) in [5, 5.41) is 15.1. The van der Waals surface area contributed by atoms with Gasteiger partial charge < -0.3 is 16.3 Å². The minimum atomic E-state index is -3.67. The Morgan fingerprint density at radius 1 is 1.46 bits per heavy atom. The lowest BCUT2D eigenvalue weighted by Gasteiger charge is -2.29. The van der Waals surface area contributed by atoms with Crippen LogP contribution in [-0.2, 0) is 10.2 Å². The largest absolute Gasteiger partial charge is 0.507 e. The summed E-state index contributed by atoms with van der Waals surface area (Å²) in [5.41, 5.74) is 12.6. The molecule has 10 heteroatoms. The number of phenols is 1. The summed E-state index contributed by atoms with van der Waals surface area (Å²) in [4.78, 5) is 4.49. The van der Waals surface area contributed by atoms with E-state index in [0.717, 1.165) is 12.8 Å². The molecule has 1 aliphatic rings. The summed E-state index contributed by atoms with van der Waals surface area (Å²) < 4.78 is 24.3. The topological polar surface area (TPSA) is 146 Å². The van der Waals surface area contributed by atoms with Gasteiger partial charge in [-0.1, -0.05) is 12.1 Å². The highest BCUT2D eigenvalue weighted by Crippen LogP contribution is 2.21. The summed E-state index contributed by atoms with van der Waals surface area (Å²) in [5.74, 6) is 0.651. The molecule has 1 fully saturated rings. The van der Waals surface area contributed by atoms with Gasteiger partial charge in [0.15, 0.2) is 0 Å². The zero-order valence-corrected chi connectivity index (χ0v) is 15.5. The Kier molecular flexibility index (Phi) is 6.98. The number of hydrogen-bond acceptors (Lipinski definition) is 6. The Balaban J connectivity index is 2.11. The number of nitrogens with zero attached hydrogens (tertiary/aromatic N) is 2. The van der Waals surface area contributed by atoms with Gasteiger partial charge in [0.2, 0.25) is 0 Å². The van der Waals surface area contributed by atoms with E-state index in [2.05, 4.69) is 15.8 Å². The van der Waals surface area contributed by atoms with Crippen molar-refractivity contribution in [2.45, 2.75) is 12.8 Å². The molecule has 0 aliphatic carbocycles. The number of piperidine rings is 1. The van der Waals surface area contributed by atoms with Crippen molar-refractivity contribution in [1.29, 1.82) is 0 Å². The second-order valence-electron chi connectivity index (χ2n) is 6.13. The molecule has 1 aromatic carbocycles. The van der Waals surface area contributed by atoms with Gasteiger partial charge in [0.25, 0.3) is 10.2 Å². The van der Waals surface area contributed by atoms with Crippen LogP contribution in [0, 0.1) is 5.92 Å². The Morgan fingerprint density at radius 2 is 2.19 bits per heavy atom. The Hall–Kier alpha value is -2.14. The predicted molar refractivity (Wildman–Crippen MR) is 102 cm³/mol. The second kappa shape index (κ2) is 8.99. The first-order chi connectivity index (χ1) is 12.3. The number of hydrogen-bond donors (Lipinski definition) is 5. The molecule has 9 nitrogen and oxygen atoms in total. The number of phenolic OH excluding ortho intramolecular Hbond substituents is 1. The van der Waals surface area contributed by atoms with E-state index in [-0.39, 0.29) is 11.7 Å². The molecule has 0 spiro atoms. The molecule has 1 aliphatic heterocycles. The van der Waals surface area contributed by atoms with Gasteiger partial charge in [0, 0.05) is 44.0 Å². The van der Waals surface area contributed by atoms with Crippen LogP contribution in [0.1, 0.15) is 18.4 Å². The van der Waals surface area contributed by atoms with Crippen LogP contribution >= 0.6 is 0 Å². The quantitative estimate of drug-likeness (QED) is 0.260. The lowest BCUT2D eigenvalue weighted by molar-refractivity contribution is 0.272. The molecule has 1 atom stereocenters. The third-order valence-corrected chi connectivity index (χ3v) is 5.17. The molecule has 1 saturated heterocycles. The highest BCUT2D eigenvalue weighted by Gasteiger charge is 2.26. The van der Waals surface area contributed by atoms with Crippen molar-refractivity contribution in [2.24, 2.45) is 21.8 Å². The molecule has 1 aromatic rings. The smallest absolute Gasteiger partial charge is 0.276 e. The first-order valence-electron chi connectivity index (χ1n) is 8.32. The first-order valence-corrected chi connectivity index (χ1v) is 9.82. The Labute approximate surface area is 153 Å². The summed E-state index contributed by atoms with van der Waals surface area (Å²) in [6, 6.07) is 6.76. The SMILES string of the molecule is CNNC(C=C(N)c1ccccc1O)=NCC1CCCN(S(N)(=O)=O)C1. The minimum Gasteiger partial charge on any atom is -0.507 e. The van der Waals surface area contributed by atoms with Gasteiger partial charge in [-0.05, 0) is 30.9 Å². The molecule has 144 valence electrons. The van der Waals surface area contributed by atoms with Gasteiger partial charge >= 0.3 is 0 Å². The summed E-state index contributed by atoms with van der Waals surface area (Å²) in [7, 11) is -1.97. The van der Waals surface area contributed by atoms with E-state index in [4.69, 9.17) is 10.9 Å². The molecule has 7 N–H and O–H groups in total. The lowest BCUT2D eigenvalue weighted by Crippen LogP contribution is -2.44. The third kappa shape index (κ3) is 5.70. The van der Waals surface area contributed by atoms with E-state index >= 15 is 0 Å². The van der Waals surface area contributed by atoms with Crippen LogP contribution in [0.4, 0.5) is 0 Å². The van der Waals surface area contributed by atoms with Crippen molar-refractivity contribution in [3.05, 3.63) is 35.9 Å². The summed E-state index contributed by atoms with van der Waals surface area (Å²) >= 11 is 0. The molecular formula is C16H26N6O3S. The van der Waals surface area contributed by atoms with Gasteiger partial charge in [-0.25, -0.2) is 10.6 Å². The average Bonchev–Trinajstić information content (AvgIpc) is 2.59. The summed E-state index contributed by atoms with van der Waals surface area (Å²) in [6.45, 7) is 1.23. The molecule has 0 saturated carbocycles. The van der Waals surface area contributed by atoms with Gasteiger partial charge in [-0.2, -0.15) is 12.7 Å². The molecule has 1 unspecified atom stereocenters. The first kappa shape index (κ1) is 20.2. The monoisotopic (exact) mass is 382 g/mol. The van der Waals surface area contributed by atoms with Crippen molar-refractivity contribution in [3.63, 3.8) is 0 Å². The van der Waals surface area contributed by atoms with Crippen LogP contribution in [0.15, 0.2) is 35.3 Å². The van der Waals surface area contributed by atoms with E-state index in [9.17, 15) is 13.5 Å². The summed E-state index contributed by atoms with van der Waals surface area (Å²) in [6.07, 6.45) is 3.24. The number of benzene rings is 1. The third-order valence-electron chi connectivity index (χ3n) is 4.12. The standard InChI is InChI=1S/C16H26N6O3S/c1-19-21-16(9-14(17)13-6-2-3-7-15(13)23)20-10-12-5-4-8-22(11-12)26(18,24)25/h2-3,6-7,9,12,19,23H,4-5,8,10-11,17H2,1H3,(H,20,21)(H2,18,24,25). The minimum absolute atomic E-state index is 0.0792. The van der Waals surface area contributed by atoms with E-state index < -0.39 is 10.2 Å². The van der Waals surface area contributed by atoms with Crippen molar-refractivity contribution in [3.8, 4) is 5.75 Å². The number of rotatable bonds is 6. The molecule has 0 radical (unpaired) electrons. The number of nitrogens with one attached hydrogen (secondary N) is 2. The number of amidine groups is 1. The van der Waals surface area contributed by atoms with Crippen molar-refractivity contribution >= 4 is 21.7 Å². The molecular weight excluding hydrogens is 356 g/mol. The van der Waals surface area contributed by atoms with E-state index in [1.165, 1.54) is 4.31 Å². The zero-order valence-electron chi connectivity index (χ0n) is 14.7. The fraction of sp³-hybridized carbons (Fsp3) is 0.438. The zero-order chi connectivity index (χ0) is 19.2. The Morgan fingerprint density at radius 3 is 2.85 bits per heavy atom. The number of nitrogens with two attached hydrogens (primary N) is 2. The van der Waals surface area contributed by atoms with Crippen molar-refractivity contribution in [2.75, 3.05) is 26.7 Å². The van der Waals surface area contributed by atoms with Crippen LogP contribution in [0.5, 0.6) is 5.75 Å². The van der Waals surface area contributed by atoms with Crippen LogP contribution < -0.4 is 21.7 Å². The van der Waals surface area contributed by atoms with Crippen molar-refractivity contribution in [1.82, 2.24) is 15.2 Å². The molecule has 26 heavy (non-hydrogen) atoms. The second-order valence-corrected chi connectivity index (χ2v) is 7.68. The number of aromatic hydroxyl groups is 1. The molecule has 2 rings (SSSR count). The number of aliphatic imine (C=N–C) groups is 1. The highest BCUT2D eigenvalue weighted by molar-refractivity contribution is 7.86.